The fraction of sp³-hybridized carbons (Fsp3) is 1.00. The van der Waals surface area contributed by atoms with Crippen LogP contribution in [0.2, 0.25) is 0 Å². The van der Waals surface area contributed by atoms with Crippen LogP contribution in [-0.2, 0) is 9.84 Å². The highest BCUT2D eigenvalue weighted by atomic mass is 32.2. The van der Waals surface area contributed by atoms with Gasteiger partial charge in [0.15, 0.2) is 0 Å². The molecule has 3 saturated heterocycles. The van der Waals surface area contributed by atoms with Gasteiger partial charge in [-0.25, -0.2) is 8.42 Å². The molecular weight excluding hydrogens is 274 g/mol. The maximum absolute atomic E-state index is 11.7. The van der Waals surface area contributed by atoms with Crippen LogP contribution >= 0.6 is 0 Å². The Morgan fingerprint density at radius 3 is 2.35 bits per heavy atom. The first-order valence-electron chi connectivity index (χ1n) is 7.94. The first kappa shape index (κ1) is 14.8. The molecule has 3 heterocycles. The van der Waals surface area contributed by atoms with Gasteiger partial charge in [0.1, 0.15) is 9.84 Å². The Hall–Kier alpha value is -0.170. The second-order valence-electron chi connectivity index (χ2n) is 6.71. The van der Waals surface area contributed by atoms with Crippen LogP contribution < -0.4 is 5.73 Å². The second-order valence-corrected chi connectivity index (χ2v) is 9.02. The van der Waals surface area contributed by atoms with Crippen LogP contribution in [0, 0.1) is 0 Å². The highest BCUT2D eigenvalue weighted by Crippen LogP contribution is 2.33. The van der Waals surface area contributed by atoms with Gasteiger partial charge in [-0.3, -0.25) is 9.80 Å². The third kappa shape index (κ3) is 2.75. The van der Waals surface area contributed by atoms with E-state index in [0.717, 1.165) is 25.9 Å². The van der Waals surface area contributed by atoms with Gasteiger partial charge in [-0.2, -0.15) is 0 Å². The van der Waals surface area contributed by atoms with E-state index in [0.29, 0.717) is 24.1 Å². The smallest absolute Gasteiger partial charge is 0.150 e. The molecule has 0 aromatic rings. The Morgan fingerprint density at radius 1 is 1.10 bits per heavy atom. The van der Waals surface area contributed by atoms with Crippen molar-refractivity contribution >= 4 is 9.84 Å². The molecular formula is C14H27N3O2S. The number of sulfone groups is 1. The van der Waals surface area contributed by atoms with Crippen LogP contribution in [0.25, 0.3) is 0 Å². The van der Waals surface area contributed by atoms with E-state index in [4.69, 9.17) is 5.73 Å². The summed E-state index contributed by atoms with van der Waals surface area (Å²) in [7, 11) is -2.82. The Labute approximate surface area is 122 Å². The van der Waals surface area contributed by atoms with E-state index >= 15 is 0 Å². The lowest BCUT2D eigenvalue weighted by Gasteiger charge is -2.44. The second kappa shape index (κ2) is 5.55. The van der Waals surface area contributed by atoms with Gasteiger partial charge in [0.25, 0.3) is 0 Å². The average molecular weight is 301 g/mol. The first-order valence-corrected chi connectivity index (χ1v) is 9.76. The normalized spacial score (nSPS) is 34.5. The van der Waals surface area contributed by atoms with Crippen LogP contribution in [0.4, 0.5) is 0 Å². The topological polar surface area (TPSA) is 66.6 Å². The van der Waals surface area contributed by atoms with E-state index < -0.39 is 9.84 Å². The van der Waals surface area contributed by atoms with Crippen molar-refractivity contribution in [3.63, 3.8) is 0 Å². The zero-order chi connectivity index (χ0) is 14.2. The number of likely N-dealkylation sites (tertiary alicyclic amines) is 2. The molecule has 5 nitrogen and oxygen atoms in total. The highest BCUT2D eigenvalue weighted by Gasteiger charge is 2.44. The molecule has 116 valence electrons. The van der Waals surface area contributed by atoms with Gasteiger partial charge < -0.3 is 5.73 Å². The third-order valence-corrected chi connectivity index (χ3v) is 7.28. The molecule has 3 aliphatic heterocycles. The van der Waals surface area contributed by atoms with Crippen LogP contribution in [0.3, 0.4) is 0 Å². The van der Waals surface area contributed by atoms with Crippen LogP contribution in [0.15, 0.2) is 0 Å². The molecule has 20 heavy (non-hydrogen) atoms. The quantitative estimate of drug-likeness (QED) is 0.798. The number of nitrogens with zero attached hydrogens (tertiary/aromatic N) is 2. The fourth-order valence-electron chi connectivity index (χ4n) is 4.14. The fourth-order valence-corrected chi connectivity index (χ4v) is 5.73. The number of nitrogens with two attached hydrogens (primary N) is 1. The van der Waals surface area contributed by atoms with Gasteiger partial charge in [-0.05, 0) is 45.2 Å². The van der Waals surface area contributed by atoms with E-state index in [9.17, 15) is 8.42 Å². The summed E-state index contributed by atoms with van der Waals surface area (Å²) in [6.07, 6.45) is 5.32. The number of hydrogen-bond acceptors (Lipinski definition) is 5. The molecule has 0 aromatic carbocycles. The molecule has 3 aliphatic rings. The Bertz CT molecular complexity index is 431. The third-order valence-electron chi connectivity index (χ3n) is 5.63. The van der Waals surface area contributed by atoms with Gasteiger partial charge in [0.05, 0.1) is 11.5 Å². The zero-order valence-electron chi connectivity index (χ0n) is 12.3. The summed E-state index contributed by atoms with van der Waals surface area (Å²) in [6, 6.07) is 0.666. The van der Waals surface area contributed by atoms with Crippen LogP contribution in [-0.4, -0.2) is 74.0 Å². The van der Waals surface area contributed by atoms with Crippen molar-refractivity contribution < 1.29 is 8.42 Å². The number of hydrogen-bond donors (Lipinski definition) is 1. The first-order chi connectivity index (χ1) is 9.55. The van der Waals surface area contributed by atoms with Crippen molar-refractivity contribution in [2.75, 3.05) is 44.2 Å². The molecule has 3 rings (SSSR count). The maximum atomic E-state index is 11.7. The predicted octanol–water partition coefficient (Wildman–Crippen LogP) is 0.0626. The Morgan fingerprint density at radius 2 is 1.75 bits per heavy atom. The van der Waals surface area contributed by atoms with Crippen LogP contribution in [0.5, 0.6) is 0 Å². The molecule has 2 N–H and O–H groups in total. The standard InChI is InChI=1S/C14H27N3O2S/c15-12-14(4-9-20(18,19)10-5-14)17-8-3-13(11-17)16-6-1-2-7-16/h13H,1-12,15H2. The van der Waals surface area contributed by atoms with Gasteiger partial charge in [0.2, 0.25) is 0 Å². The molecule has 1 atom stereocenters. The SMILES string of the molecule is NCC1(N2CCC(N3CCCC3)C2)CCS(=O)(=O)CC1. The molecule has 6 heteroatoms. The number of rotatable bonds is 3. The molecule has 0 amide bonds. The van der Waals surface area contributed by atoms with Gasteiger partial charge in [0, 0.05) is 31.2 Å². The summed E-state index contributed by atoms with van der Waals surface area (Å²) in [6.45, 7) is 5.23. The summed E-state index contributed by atoms with van der Waals surface area (Å²) in [5.74, 6) is 0.629. The van der Waals surface area contributed by atoms with E-state index in [-0.39, 0.29) is 5.54 Å². The summed E-state index contributed by atoms with van der Waals surface area (Å²) < 4.78 is 23.4. The Balaban J connectivity index is 1.65. The van der Waals surface area contributed by atoms with Crippen molar-refractivity contribution in [1.82, 2.24) is 9.80 Å². The molecule has 0 saturated carbocycles. The minimum absolute atomic E-state index is 0.0558. The van der Waals surface area contributed by atoms with Gasteiger partial charge in [-0.1, -0.05) is 0 Å². The molecule has 0 spiro atoms. The maximum Gasteiger partial charge on any atom is 0.150 e. The van der Waals surface area contributed by atoms with Crippen molar-refractivity contribution in [3.05, 3.63) is 0 Å². The van der Waals surface area contributed by atoms with Crippen LogP contribution in [0.1, 0.15) is 32.1 Å². The molecule has 0 aliphatic carbocycles. The molecule has 3 fully saturated rings. The zero-order valence-corrected chi connectivity index (χ0v) is 13.1. The monoisotopic (exact) mass is 301 g/mol. The summed E-state index contributed by atoms with van der Waals surface area (Å²) in [5.41, 5.74) is 6.00. The van der Waals surface area contributed by atoms with E-state index in [1.165, 1.54) is 32.4 Å². The Kier molecular flexibility index (Phi) is 4.10. The molecule has 1 unspecified atom stereocenters. The highest BCUT2D eigenvalue weighted by molar-refractivity contribution is 7.91. The van der Waals surface area contributed by atoms with E-state index in [1.54, 1.807) is 0 Å². The molecule has 0 radical (unpaired) electrons. The largest absolute Gasteiger partial charge is 0.329 e. The minimum Gasteiger partial charge on any atom is -0.329 e. The lowest BCUT2D eigenvalue weighted by Crippen LogP contribution is -2.57. The summed E-state index contributed by atoms with van der Waals surface area (Å²) in [5, 5.41) is 0. The van der Waals surface area contributed by atoms with Crippen molar-refractivity contribution in [1.29, 1.82) is 0 Å². The summed E-state index contributed by atoms with van der Waals surface area (Å²) >= 11 is 0. The molecule has 0 aromatic heterocycles. The average Bonchev–Trinajstić information content (AvgIpc) is 3.10. The summed E-state index contributed by atoms with van der Waals surface area (Å²) in [4.78, 5) is 5.12. The van der Waals surface area contributed by atoms with E-state index in [2.05, 4.69) is 9.80 Å². The molecule has 0 bridgehead atoms. The minimum atomic E-state index is -2.82. The van der Waals surface area contributed by atoms with Gasteiger partial charge in [-0.15, -0.1) is 0 Å². The predicted molar refractivity (Wildman–Crippen MR) is 80.5 cm³/mol. The lowest BCUT2D eigenvalue weighted by molar-refractivity contribution is 0.0997. The van der Waals surface area contributed by atoms with Crippen molar-refractivity contribution in [2.45, 2.75) is 43.7 Å². The van der Waals surface area contributed by atoms with Crippen molar-refractivity contribution in [3.8, 4) is 0 Å². The van der Waals surface area contributed by atoms with Gasteiger partial charge >= 0.3 is 0 Å². The van der Waals surface area contributed by atoms with E-state index in [1.807, 2.05) is 0 Å². The van der Waals surface area contributed by atoms with Crippen molar-refractivity contribution in [2.24, 2.45) is 5.73 Å². The lowest BCUT2D eigenvalue weighted by atomic mass is 9.90.